The molecular formula is C17H15N5O3S. The number of nitrogens with one attached hydrogen (secondary N) is 1. The van der Waals surface area contributed by atoms with Crippen LogP contribution < -0.4 is 16.7 Å². The third kappa shape index (κ3) is 4.06. The predicted octanol–water partition coefficient (Wildman–Crippen LogP) is 1.23. The molecular weight excluding hydrogens is 354 g/mol. The van der Waals surface area contributed by atoms with Crippen molar-refractivity contribution in [2.75, 3.05) is 11.1 Å². The maximum Gasteiger partial charge on any atom is 0.355 e. The topological polar surface area (TPSA) is 119 Å². The largest absolute Gasteiger partial charge is 0.366 e. The van der Waals surface area contributed by atoms with Crippen LogP contribution in [0.3, 0.4) is 0 Å². The van der Waals surface area contributed by atoms with Crippen molar-refractivity contribution >= 4 is 34.9 Å². The second-order valence-corrected chi connectivity index (χ2v) is 6.44. The number of hydrogen-bond donors (Lipinski definition) is 2. The number of nitrogens with two attached hydrogens (primary N) is 1. The number of hydrogen-bond acceptors (Lipinski definition) is 6. The van der Waals surface area contributed by atoms with Crippen molar-refractivity contribution in [2.24, 2.45) is 5.73 Å². The quantitative estimate of drug-likeness (QED) is 0.653. The fourth-order valence-electron chi connectivity index (χ4n) is 2.21. The van der Waals surface area contributed by atoms with Crippen LogP contribution >= 0.6 is 11.8 Å². The molecule has 3 aromatic rings. The fourth-order valence-corrected chi connectivity index (χ4v) is 2.84. The highest BCUT2D eigenvalue weighted by atomic mass is 32.2. The summed E-state index contributed by atoms with van der Waals surface area (Å²) in [6, 6.07) is 9.80. The molecule has 0 aliphatic heterocycles. The third-order valence-electron chi connectivity index (χ3n) is 3.48. The average Bonchev–Trinajstić information content (AvgIpc) is 2.60. The Morgan fingerprint density at radius 1 is 1.19 bits per heavy atom. The summed E-state index contributed by atoms with van der Waals surface area (Å²) in [7, 11) is 0. The van der Waals surface area contributed by atoms with Gasteiger partial charge in [0.05, 0.1) is 5.75 Å². The van der Waals surface area contributed by atoms with Gasteiger partial charge in [0.15, 0.2) is 5.16 Å². The second kappa shape index (κ2) is 7.36. The van der Waals surface area contributed by atoms with Gasteiger partial charge in [0.2, 0.25) is 11.8 Å². The zero-order valence-corrected chi connectivity index (χ0v) is 14.6. The molecule has 8 nitrogen and oxygen atoms in total. The van der Waals surface area contributed by atoms with Crippen molar-refractivity contribution < 1.29 is 9.59 Å². The molecule has 3 rings (SSSR count). The number of rotatable bonds is 5. The van der Waals surface area contributed by atoms with Gasteiger partial charge in [-0.1, -0.05) is 11.8 Å². The van der Waals surface area contributed by atoms with E-state index in [0.717, 1.165) is 17.3 Å². The lowest BCUT2D eigenvalue weighted by atomic mass is 10.2. The number of aryl methyl sites for hydroxylation is 1. The minimum Gasteiger partial charge on any atom is -0.366 e. The van der Waals surface area contributed by atoms with Crippen molar-refractivity contribution in [3.63, 3.8) is 0 Å². The molecule has 3 N–H and O–H groups in total. The minimum absolute atomic E-state index is 0.0407. The highest BCUT2D eigenvalue weighted by Gasteiger charge is 2.09. The number of fused-ring (bicyclic) bond motifs is 1. The molecule has 0 spiro atoms. The Morgan fingerprint density at radius 2 is 1.92 bits per heavy atom. The molecule has 0 atom stereocenters. The van der Waals surface area contributed by atoms with E-state index in [-0.39, 0.29) is 16.8 Å². The molecule has 0 saturated heterocycles. The second-order valence-electron chi connectivity index (χ2n) is 5.50. The normalized spacial score (nSPS) is 10.7. The maximum atomic E-state index is 12.0. The van der Waals surface area contributed by atoms with Gasteiger partial charge in [-0.3, -0.25) is 14.0 Å². The van der Waals surface area contributed by atoms with Gasteiger partial charge in [-0.25, -0.2) is 9.78 Å². The predicted molar refractivity (Wildman–Crippen MR) is 98.3 cm³/mol. The van der Waals surface area contributed by atoms with E-state index in [1.807, 2.05) is 6.92 Å². The van der Waals surface area contributed by atoms with Crippen molar-refractivity contribution in [1.82, 2.24) is 14.4 Å². The first-order chi connectivity index (χ1) is 12.4. The highest BCUT2D eigenvalue weighted by Crippen LogP contribution is 2.14. The van der Waals surface area contributed by atoms with Gasteiger partial charge in [-0.05, 0) is 48.9 Å². The van der Waals surface area contributed by atoms with Gasteiger partial charge in [0.25, 0.3) is 0 Å². The monoisotopic (exact) mass is 369 g/mol. The van der Waals surface area contributed by atoms with Crippen LogP contribution in [0.15, 0.2) is 52.5 Å². The highest BCUT2D eigenvalue weighted by molar-refractivity contribution is 7.99. The van der Waals surface area contributed by atoms with Gasteiger partial charge in [0, 0.05) is 17.4 Å². The number of thioether (sulfide) groups is 1. The van der Waals surface area contributed by atoms with Crippen molar-refractivity contribution in [3.05, 3.63) is 64.2 Å². The summed E-state index contributed by atoms with van der Waals surface area (Å²) in [4.78, 5) is 43.2. The smallest absolute Gasteiger partial charge is 0.355 e. The van der Waals surface area contributed by atoms with E-state index in [4.69, 9.17) is 5.73 Å². The molecule has 0 aliphatic rings. The van der Waals surface area contributed by atoms with E-state index in [0.29, 0.717) is 16.9 Å². The number of amides is 2. The Morgan fingerprint density at radius 3 is 2.62 bits per heavy atom. The van der Waals surface area contributed by atoms with E-state index in [1.165, 1.54) is 16.5 Å². The Kier molecular flexibility index (Phi) is 4.99. The number of benzene rings is 1. The van der Waals surface area contributed by atoms with E-state index >= 15 is 0 Å². The maximum absolute atomic E-state index is 12.0. The van der Waals surface area contributed by atoms with Gasteiger partial charge >= 0.3 is 5.69 Å². The van der Waals surface area contributed by atoms with Gasteiger partial charge < -0.3 is 11.1 Å². The Bertz CT molecular complexity index is 1050. The summed E-state index contributed by atoms with van der Waals surface area (Å²) in [6.07, 6.45) is 1.61. The van der Waals surface area contributed by atoms with E-state index in [1.54, 1.807) is 30.5 Å². The molecule has 0 aliphatic carbocycles. The van der Waals surface area contributed by atoms with E-state index in [9.17, 15) is 14.4 Å². The molecule has 2 heterocycles. The molecule has 26 heavy (non-hydrogen) atoms. The number of nitrogens with zero attached hydrogens (tertiary/aromatic N) is 3. The van der Waals surface area contributed by atoms with Crippen LogP contribution in [-0.2, 0) is 4.79 Å². The van der Waals surface area contributed by atoms with Gasteiger partial charge in [-0.2, -0.15) is 4.98 Å². The van der Waals surface area contributed by atoms with Crippen LogP contribution in [0.5, 0.6) is 0 Å². The van der Waals surface area contributed by atoms with Crippen LogP contribution in [0.2, 0.25) is 0 Å². The first kappa shape index (κ1) is 17.6. The van der Waals surface area contributed by atoms with E-state index in [2.05, 4.69) is 15.3 Å². The van der Waals surface area contributed by atoms with E-state index < -0.39 is 11.6 Å². The van der Waals surface area contributed by atoms with Crippen LogP contribution in [0.25, 0.3) is 5.65 Å². The lowest BCUT2D eigenvalue weighted by Crippen LogP contribution is -2.20. The zero-order chi connectivity index (χ0) is 18.7. The minimum atomic E-state index is -0.534. The summed E-state index contributed by atoms with van der Waals surface area (Å²) >= 11 is 1.07. The molecule has 0 saturated carbocycles. The summed E-state index contributed by atoms with van der Waals surface area (Å²) in [5.41, 5.74) is 7.07. The molecule has 0 unspecified atom stereocenters. The SMILES string of the molecule is Cc1ccn2c(=O)nc(SCC(=O)Nc3ccc(C(N)=O)cc3)nc2c1. The third-order valence-corrected chi connectivity index (χ3v) is 4.33. The van der Waals surface area contributed by atoms with Crippen LogP contribution in [-0.4, -0.2) is 31.9 Å². The van der Waals surface area contributed by atoms with Crippen LogP contribution in [0, 0.1) is 6.92 Å². The standard InChI is InChI=1S/C17H15N5O3S/c1-10-6-7-22-13(8-10)20-16(21-17(22)25)26-9-14(23)19-12-4-2-11(3-5-12)15(18)24/h2-8H,9H2,1H3,(H2,18,24)(H,19,23). The molecule has 0 bridgehead atoms. The summed E-state index contributed by atoms with van der Waals surface area (Å²) in [5.74, 6) is -0.776. The lowest BCUT2D eigenvalue weighted by Gasteiger charge is -2.06. The summed E-state index contributed by atoms with van der Waals surface area (Å²) in [6.45, 7) is 1.90. The average molecular weight is 369 g/mol. The summed E-state index contributed by atoms with van der Waals surface area (Å²) < 4.78 is 1.34. The number of carbonyl (C=O) groups is 2. The Balaban J connectivity index is 1.66. The molecule has 1 aromatic carbocycles. The Hall–Kier alpha value is -3.20. The molecule has 2 amide bonds. The van der Waals surface area contributed by atoms with Crippen LogP contribution in [0.4, 0.5) is 5.69 Å². The Labute approximate surface area is 152 Å². The molecule has 0 fully saturated rings. The lowest BCUT2D eigenvalue weighted by molar-refractivity contribution is -0.113. The number of primary amides is 1. The van der Waals surface area contributed by atoms with Gasteiger partial charge in [0.1, 0.15) is 5.65 Å². The number of aromatic nitrogens is 3. The van der Waals surface area contributed by atoms with Gasteiger partial charge in [-0.15, -0.1) is 0 Å². The molecule has 2 aromatic heterocycles. The number of anilines is 1. The first-order valence-electron chi connectivity index (χ1n) is 7.62. The first-order valence-corrected chi connectivity index (χ1v) is 8.60. The zero-order valence-electron chi connectivity index (χ0n) is 13.8. The fraction of sp³-hybridized carbons (Fsp3) is 0.118. The molecule has 9 heteroatoms. The molecule has 132 valence electrons. The number of carbonyl (C=O) groups excluding carboxylic acids is 2. The molecule has 0 radical (unpaired) electrons. The number of pyridine rings is 1. The van der Waals surface area contributed by atoms with Crippen molar-refractivity contribution in [1.29, 1.82) is 0 Å². The van der Waals surface area contributed by atoms with Crippen molar-refractivity contribution in [2.45, 2.75) is 12.1 Å². The van der Waals surface area contributed by atoms with Crippen molar-refractivity contribution in [3.8, 4) is 0 Å². The summed E-state index contributed by atoms with van der Waals surface area (Å²) in [5, 5.41) is 2.92. The van der Waals surface area contributed by atoms with Crippen LogP contribution in [0.1, 0.15) is 15.9 Å².